The van der Waals surface area contributed by atoms with Crippen LogP contribution in [0.5, 0.6) is 0 Å². The molecule has 8 heteroatoms. The van der Waals surface area contributed by atoms with Crippen LogP contribution in [0.2, 0.25) is 5.02 Å². The highest BCUT2D eigenvalue weighted by Crippen LogP contribution is 2.25. The second kappa shape index (κ2) is 7.61. The fourth-order valence-corrected chi connectivity index (χ4v) is 4.38. The van der Waals surface area contributed by atoms with E-state index in [1.165, 1.54) is 29.6 Å². The molecule has 0 aromatic heterocycles. The van der Waals surface area contributed by atoms with Crippen LogP contribution in [0.25, 0.3) is 0 Å². The van der Waals surface area contributed by atoms with Crippen molar-refractivity contribution in [2.75, 3.05) is 20.1 Å². The fourth-order valence-electron chi connectivity index (χ4n) is 2.79. The van der Waals surface area contributed by atoms with Crippen molar-refractivity contribution in [3.8, 4) is 0 Å². The molecule has 140 valence electrons. The zero-order chi connectivity index (χ0) is 18.9. The molecule has 1 aromatic rings. The average molecular weight is 389 g/mol. The van der Waals surface area contributed by atoms with Gasteiger partial charge in [-0.3, -0.25) is 4.79 Å². The number of hydrogen-bond acceptors (Lipinski definition) is 4. The van der Waals surface area contributed by atoms with Crippen molar-refractivity contribution in [3.63, 3.8) is 0 Å². The SMILES string of the molecule is CC1CN(C(=O)c2cc(S(=O)(=O)N(C)C(C)C)ccc2Cl)CC(C)O1. The molecule has 1 aromatic carbocycles. The van der Waals surface area contributed by atoms with Crippen molar-refractivity contribution in [1.29, 1.82) is 0 Å². The Hall–Kier alpha value is -1.15. The van der Waals surface area contributed by atoms with Gasteiger partial charge in [-0.2, -0.15) is 4.31 Å². The minimum absolute atomic E-state index is 0.0609. The van der Waals surface area contributed by atoms with Crippen molar-refractivity contribution < 1.29 is 17.9 Å². The standard InChI is InChI=1S/C17H25ClN2O4S/c1-11(2)19(5)25(22,23)14-6-7-16(18)15(8-14)17(21)20-9-12(3)24-13(4)10-20/h6-8,11-13H,9-10H2,1-5H3. The average Bonchev–Trinajstić information content (AvgIpc) is 2.52. The van der Waals surface area contributed by atoms with Crippen molar-refractivity contribution in [1.82, 2.24) is 9.21 Å². The van der Waals surface area contributed by atoms with E-state index in [0.717, 1.165) is 0 Å². The summed E-state index contributed by atoms with van der Waals surface area (Å²) in [6.07, 6.45) is -0.157. The van der Waals surface area contributed by atoms with E-state index in [0.29, 0.717) is 13.1 Å². The first kappa shape index (κ1) is 20.2. The van der Waals surface area contributed by atoms with Gasteiger partial charge in [0.1, 0.15) is 0 Å². The number of morpholine rings is 1. The Morgan fingerprint density at radius 1 is 1.28 bits per heavy atom. The lowest BCUT2D eigenvalue weighted by Gasteiger charge is -2.35. The molecule has 25 heavy (non-hydrogen) atoms. The normalized spacial score (nSPS) is 21.8. The summed E-state index contributed by atoms with van der Waals surface area (Å²) in [6.45, 7) is 8.27. The van der Waals surface area contributed by atoms with E-state index < -0.39 is 10.0 Å². The van der Waals surface area contributed by atoms with Gasteiger partial charge in [-0.15, -0.1) is 0 Å². The van der Waals surface area contributed by atoms with Gasteiger partial charge in [0.05, 0.1) is 27.7 Å². The van der Waals surface area contributed by atoms with E-state index in [4.69, 9.17) is 16.3 Å². The lowest BCUT2D eigenvalue weighted by molar-refractivity contribution is -0.0586. The summed E-state index contributed by atoms with van der Waals surface area (Å²) in [4.78, 5) is 14.6. The first-order valence-electron chi connectivity index (χ1n) is 8.26. The molecule has 1 aliphatic rings. The van der Waals surface area contributed by atoms with Gasteiger partial charge in [-0.1, -0.05) is 11.6 Å². The Labute approximate surface area is 154 Å². The first-order chi connectivity index (χ1) is 11.5. The maximum absolute atomic E-state index is 12.9. The third-order valence-corrected chi connectivity index (χ3v) is 6.64. The van der Waals surface area contributed by atoms with Crippen LogP contribution in [0.3, 0.4) is 0 Å². The molecule has 2 unspecified atom stereocenters. The fraction of sp³-hybridized carbons (Fsp3) is 0.588. The zero-order valence-corrected chi connectivity index (χ0v) is 16.8. The van der Waals surface area contributed by atoms with Crippen LogP contribution in [0.1, 0.15) is 38.1 Å². The van der Waals surface area contributed by atoms with Gasteiger partial charge in [0.15, 0.2) is 0 Å². The van der Waals surface area contributed by atoms with Crippen LogP contribution in [0, 0.1) is 0 Å². The molecule has 2 rings (SSSR count). The molecule has 6 nitrogen and oxygen atoms in total. The van der Waals surface area contributed by atoms with Gasteiger partial charge in [-0.25, -0.2) is 8.42 Å². The van der Waals surface area contributed by atoms with Gasteiger partial charge >= 0.3 is 0 Å². The van der Waals surface area contributed by atoms with Gasteiger partial charge in [0.25, 0.3) is 5.91 Å². The van der Waals surface area contributed by atoms with E-state index >= 15 is 0 Å². The van der Waals surface area contributed by atoms with Crippen LogP contribution in [-0.2, 0) is 14.8 Å². The maximum atomic E-state index is 12.9. The van der Waals surface area contributed by atoms with Crippen molar-refractivity contribution in [3.05, 3.63) is 28.8 Å². The second-order valence-corrected chi connectivity index (χ2v) is 9.13. The highest BCUT2D eigenvalue weighted by Gasteiger charge is 2.30. The summed E-state index contributed by atoms with van der Waals surface area (Å²) in [6, 6.07) is 4.06. The summed E-state index contributed by atoms with van der Waals surface area (Å²) < 4.78 is 32.3. The molecule has 1 aliphatic heterocycles. The van der Waals surface area contributed by atoms with E-state index in [2.05, 4.69) is 0 Å². The van der Waals surface area contributed by atoms with E-state index in [1.54, 1.807) is 18.7 Å². The molecule has 0 spiro atoms. The Kier molecular flexibility index (Phi) is 6.14. The van der Waals surface area contributed by atoms with Crippen LogP contribution < -0.4 is 0 Å². The summed E-state index contributed by atoms with van der Waals surface area (Å²) in [5.74, 6) is -0.281. The third-order valence-electron chi connectivity index (χ3n) is 4.28. The van der Waals surface area contributed by atoms with E-state index in [-0.39, 0.29) is 39.6 Å². The number of carbonyl (C=O) groups is 1. The lowest BCUT2D eigenvalue weighted by atomic mass is 10.1. The third kappa shape index (κ3) is 4.34. The number of carbonyl (C=O) groups excluding carboxylic acids is 1. The predicted octanol–water partition coefficient (Wildman–Crippen LogP) is 2.62. The lowest BCUT2D eigenvalue weighted by Crippen LogP contribution is -2.48. The Bertz CT molecular complexity index is 741. The molecule has 0 bridgehead atoms. The molecule has 1 amide bonds. The van der Waals surface area contributed by atoms with E-state index in [9.17, 15) is 13.2 Å². The molecule has 0 aliphatic carbocycles. The van der Waals surface area contributed by atoms with Crippen LogP contribution >= 0.6 is 11.6 Å². The first-order valence-corrected chi connectivity index (χ1v) is 10.1. The van der Waals surface area contributed by atoms with Crippen LogP contribution in [-0.4, -0.2) is 61.9 Å². The Morgan fingerprint density at radius 2 is 1.84 bits per heavy atom. The topological polar surface area (TPSA) is 66.9 Å². The number of nitrogens with zero attached hydrogens (tertiary/aromatic N) is 2. The Morgan fingerprint density at radius 3 is 2.36 bits per heavy atom. The number of hydrogen-bond donors (Lipinski definition) is 0. The van der Waals surface area contributed by atoms with Crippen LogP contribution in [0.15, 0.2) is 23.1 Å². The maximum Gasteiger partial charge on any atom is 0.255 e. The number of ether oxygens (including phenoxy) is 1. The molecule has 1 fully saturated rings. The Balaban J connectivity index is 2.38. The summed E-state index contributed by atoms with van der Waals surface area (Å²) in [5, 5.41) is 0.239. The molecule has 0 N–H and O–H groups in total. The summed E-state index contributed by atoms with van der Waals surface area (Å²) in [5.41, 5.74) is 0.196. The molecule has 0 radical (unpaired) electrons. The van der Waals surface area contributed by atoms with Crippen molar-refractivity contribution >= 4 is 27.5 Å². The van der Waals surface area contributed by atoms with Gasteiger partial charge in [0.2, 0.25) is 10.0 Å². The van der Waals surface area contributed by atoms with Crippen molar-refractivity contribution in [2.45, 2.75) is 50.8 Å². The molecule has 2 atom stereocenters. The van der Waals surface area contributed by atoms with Gasteiger partial charge in [-0.05, 0) is 45.9 Å². The highest BCUT2D eigenvalue weighted by molar-refractivity contribution is 7.89. The second-order valence-electron chi connectivity index (χ2n) is 6.72. The molecular formula is C17H25ClN2O4S. The number of halogens is 1. The minimum atomic E-state index is -3.68. The van der Waals surface area contributed by atoms with Gasteiger partial charge in [0, 0.05) is 26.2 Å². The predicted molar refractivity (Wildman–Crippen MR) is 97.4 cm³/mol. The zero-order valence-electron chi connectivity index (χ0n) is 15.2. The van der Waals surface area contributed by atoms with Crippen LogP contribution in [0.4, 0.5) is 0 Å². The number of rotatable bonds is 4. The van der Waals surface area contributed by atoms with E-state index in [1.807, 2.05) is 13.8 Å². The minimum Gasteiger partial charge on any atom is -0.372 e. The molecular weight excluding hydrogens is 364 g/mol. The van der Waals surface area contributed by atoms with Gasteiger partial charge < -0.3 is 9.64 Å². The summed E-state index contributed by atoms with van der Waals surface area (Å²) >= 11 is 6.19. The van der Waals surface area contributed by atoms with Crippen molar-refractivity contribution in [2.24, 2.45) is 0 Å². The summed E-state index contributed by atoms with van der Waals surface area (Å²) in [7, 11) is -2.17. The quantitative estimate of drug-likeness (QED) is 0.795. The largest absolute Gasteiger partial charge is 0.372 e. The highest BCUT2D eigenvalue weighted by atomic mass is 35.5. The number of sulfonamides is 1. The molecule has 0 saturated carbocycles. The smallest absolute Gasteiger partial charge is 0.255 e. The molecule has 1 saturated heterocycles. The molecule has 1 heterocycles. The monoisotopic (exact) mass is 388 g/mol. The number of amides is 1. The number of benzene rings is 1.